The second-order valence-electron chi connectivity index (χ2n) is 2.35. The van der Waals surface area contributed by atoms with Gasteiger partial charge in [0, 0.05) is 0 Å². The fourth-order valence-corrected chi connectivity index (χ4v) is 4.34. The van der Waals surface area contributed by atoms with Crippen LogP contribution in [0.2, 0.25) is 16.0 Å². The van der Waals surface area contributed by atoms with Crippen molar-refractivity contribution in [3.05, 3.63) is 0 Å². The van der Waals surface area contributed by atoms with Crippen molar-refractivity contribution in [2.24, 2.45) is 0 Å². The van der Waals surface area contributed by atoms with Crippen LogP contribution in [0.5, 0.6) is 0 Å². The Kier molecular flexibility index (Phi) is 4.77. The Morgan fingerprint density at radius 3 is 2.25 bits per heavy atom. The van der Waals surface area contributed by atoms with Gasteiger partial charge in [0.15, 0.2) is 0 Å². The molecule has 1 aliphatic heterocycles. The summed E-state index contributed by atoms with van der Waals surface area (Å²) in [6.07, 6.45) is 3.06. The summed E-state index contributed by atoms with van der Waals surface area (Å²) in [7, 11) is 0. The van der Waals surface area contributed by atoms with Gasteiger partial charge in [0.25, 0.3) is 0 Å². The summed E-state index contributed by atoms with van der Waals surface area (Å²) in [5, 5.41) is 1.60. The van der Waals surface area contributed by atoms with Crippen LogP contribution < -0.4 is 24.0 Å². The Bertz CT molecular complexity index is 57.5. The van der Waals surface area contributed by atoms with Crippen molar-refractivity contribution in [2.75, 3.05) is 0 Å². The maximum absolute atomic E-state index is 2.48. The van der Waals surface area contributed by atoms with Gasteiger partial charge >= 0.3 is 49.6 Å². The van der Waals surface area contributed by atoms with Crippen LogP contribution in [-0.4, -0.2) is 13.9 Å². The van der Waals surface area contributed by atoms with Gasteiger partial charge in [-0.25, -0.2) is 0 Å². The van der Waals surface area contributed by atoms with Crippen LogP contribution in [0.4, 0.5) is 0 Å². The Balaban J connectivity index is 0.000000490. The van der Waals surface area contributed by atoms with Crippen molar-refractivity contribution in [1.82, 2.24) is 0 Å². The molecule has 0 radical (unpaired) electrons. The topological polar surface area (TPSA) is 0 Å². The van der Waals surface area contributed by atoms with Gasteiger partial charge in [0.2, 0.25) is 0 Å². The molecule has 1 fully saturated rings. The molecule has 1 saturated heterocycles. The van der Waals surface area contributed by atoms with Gasteiger partial charge in [-0.2, -0.15) is 0 Å². The molecule has 50 valence electrons. The van der Waals surface area contributed by atoms with E-state index in [9.17, 15) is 0 Å². The fourth-order valence-electron chi connectivity index (χ4n) is 1.00. The Morgan fingerprint density at radius 1 is 1.50 bits per heavy atom. The van der Waals surface area contributed by atoms with Gasteiger partial charge in [-0.1, -0.05) is 0 Å². The van der Waals surface area contributed by atoms with E-state index in [4.69, 9.17) is 0 Å². The first-order valence-corrected chi connectivity index (χ1v) is 6.83. The number of hydrogen-bond acceptors (Lipinski definition) is 0. The maximum atomic E-state index is 2.48. The van der Waals surface area contributed by atoms with Gasteiger partial charge in [0.05, 0.1) is 0 Å². The summed E-state index contributed by atoms with van der Waals surface area (Å²) in [5.41, 5.74) is 0. The zero-order valence-electron chi connectivity index (χ0n) is 5.48. The van der Waals surface area contributed by atoms with Crippen LogP contribution in [-0.2, 0) is 0 Å². The molecule has 0 aliphatic carbocycles. The quantitative estimate of drug-likeness (QED) is 0.409. The van der Waals surface area contributed by atoms with Gasteiger partial charge in [-0.15, -0.1) is 0 Å². The Morgan fingerprint density at radius 2 is 2.12 bits per heavy atom. The molecule has 0 spiro atoms. The average Bonchev–Trinajstić information content (AvgIpc) is 1.91. The standard InChI is InChI=1S/C6H13Se.HI/c1-6-4-3-5-7(6)2;/h6H,3-5H2,1-2H3;1H/q+1;/p-1. The molecule has 0 N–H and O–H groups in total. The minimum atomic E-state index is -0.0278. The summed E-state index contributed by atoms with van der Waals surface area (Å²) in [6, 6.07) is 0. The Hall–Kier alpha value is 1.25. The van der Waals surface area contributed by atoms with Crippen molar-refractivity contribution in [3.63, 3.8) is 0 Å². The molecule has 0 aromatic heterocycles. The number of rotatable bonds is 0. The molecular formula is C6H13ISe. The minimum Gasteiger partial charge on any atom is -1.00 e. The smallest absolute Gasteiger partial charge is 1.00 e. The number of hydrogen-bond donors (Lipinski definition) is 0. The van der Waals surface area contributed by atoms with E-state index in [1.54, 1.807) is 5.32 Å². The monoisotopic (exact) mass is 292 g/mol. The first-order chi connectivity index (χ1) is 3.30. The van der Waals surface area contributed by atoms with Crippen molar-refractivity contribution in [2.45, 2.75) is 35.7 Å². The minimum absolute atomic E-state index is 0. The zero-order valence-corrected chi connectivity index (χ0v) is 9.36. The molecular weight excluding hydrogens is 278 g/mol. The zero-order chi connectivity index (χ0) is 5.28. The summed E-state index contributed by atoms with van der Waals surface area (Å²) in [5.74, 6) is 2.48. The van der Waals surface area contributed by atoms with Gasteiger partial charge in [-0.05, 0) is 0 Å². The third kappa shape index (κ3) is 2.24. The van der Waals surface area contributed by atoms with E-state index < -0.39 is 0 Å². The largest absolute Gasteiger partial charge is 1.00 e. The van der Waals surface area contributed by atoms with Crippen LogP contribution in [0.1, 0.15) is 19.8 Å². The average molecular weight is 291 g/mol. The van der Waals surface area contributed by atoms with E-state index in [0.717, 1.165) is 4.82 Å². The van der Waals surface area contributed by atoms with E-state index in [-0.39, 0.29) is 37.9 Å². The van der Waals surface area contributed by atoms with Crippen molar-refractivity contribution in [3.8, 4) is 0 Å². The molecule has 2 atom stereocenters. The van der Waals surface area contributed by atoms with Gasteiger partial charge in [0.1, 0.15) is 0 Å². The third-order valence-corrected chi connectivity index (χ3v) is 7.10. The predicted molar refractivity (Wildman–Crippen MR) is 35.1 cm³/mol. The molecule has 8 heavy (non-hydrogen) atoms. The second-order valence-corrected chi connectivity index (χ2v) is 7.79. The van der Waals surface area contributed by atoms with Crippen LogP contribution in [0, 0.1) is 0 Å². The molecule has 0 bridgehead atoms. The van der Waals surface area contributed by atoms with Crippen molar-refractivity contribution < 1.29 is 24.0 Å². The Labute approximate surface area is 73.3 Å². The first kappa shape index (κ1) is 9.25. The molecule has 1 rings (SSSR count). The fraction of sp³-hybridized carbons (Fsp3) is 1.00. The summed E-state index contributed by atoms with van der Waals surface area (Å²) < 4.78 is 0. The SMILES string of the molecule is CC1CCC[Se+]1C.[I-]. The number of halogens is 1. The van der Waals surface area contributed by atoms with E-state index in [1.807, 2.05) is 0 Å². The van der Waals surface area contributed by atoms with Gasteiger partial charge < -0.3 is 24.0 Å². The summed E-state index contributed by atoms with van der Waals surface area (Å²) in [4.78, 5) is 1.14. The molecule has 0 nitrogen and oxygen atoms in total. The van der Waals surface area contributed by atoms with Crippen LogP contribution in [0.15, 0.2) is 0 Å². The third-order valence-electron chi connectivity index (χ3n) is 1.76. The molecule has 2 heteroatoms. The molecule has 0 aromatic carbocycles. The second kappa shape index (κ2) is 4.13. The predicted octanol–water partition coefficient (Wildman–Crippen LogP) is -0.701. The van der Waals surface area contributed by atoms with E-state index in [2.05, 4.69) is 12.7 Å². The van der Waals surface area contributed by atoms with E-state index in [0.29, 0.717) is 0 Å². The molecule has 1 aliphatic rings. The molecule has 1 heterocycles. The van der Waals surface area contributed by atoms with Crippen molar-refractivity contribution >= 4 is 13.9 Å². The van der Waals surface area contributed by atoms with Crippen molar-refractivity contribution in [1.29, 1.82) is 0 Å². The van der Waals surface area contributed by atoms with E-state index >= 15 is 0 Å². The van der Waals surface area contributed by atoms with Gasteiger partial charge in [-0.3, -0.25) is 0 Å². The normalized spacial score (nSPS) is 36.8. The van der Waals surface area contributed by atoms with E-state index in [1.165, 1.54) is 12.8 Å². The molecule has 0 aromatic rings. The van der Waals surface area contributed by atoms with Crippen LogP contribution >= 0.6 is 0 Å². The molecule has 0 amide bonds. The molecule has 2 unspecified atom stereocenters. The molecule has 0 saturated carbocycles. The summed E-state index contributed by atoms with van der Waals surface area (Å²) >= 11 is -0.0278. The van der Waals surface area contributed by atoms with Crippen LogP contribution in [0.3, 0.4) is 0 Å². The maximum Gasteiger partial charge on any atom is -1.00 e. The summed E-state index contributed by atoms with van der Waals surface area (Å²) in [6.45, 7) is 2.41. The first-order valence-electron chi connectivity index (χ1n) is 2.92. The van der Waals surface area contributed by atoms with Crippen LogP contribution in [0.25, 0.3) is 0 Å².